The highest BCUT2D eigenvalue weighted by Crippen LogP contribution is 2.34. The molecule has 0 heterocycles. The number of hydrogen-bond acceptors (Lipinski definition) is 3. The second-order valence-electron chi connectivity index (χ2n) is 6.18. The van der Waals surface area contributed by atoms with Gasteiger partial charge in [0.25, 0.3) is 0 Å². The molecule has 0 bridgehead atoms. The summed E-state index contributed by atoms with van der Waals surface area (Å²) >= 11 is 0. The quantitative estimate of drug-likeness (QED) is 0.797. The van der Waals surface area contributed by atoms with Crippen LogP contribution in [0.15, 0.2) is 0 Å². The van der Waals surface area contributed by atoms with Crippen LogP contribution in [0.3, 0.4) is 0 Å². The van der Waals surface area contributed by atoms with Crippen molar-refractivity contribution in [3.63, 3.8) is 0 Å². The summed E-state index contributed by atoms with van der Waals surface area (Å²) in [6.07, 6.45) is 2.54. The van der Waals surface area contributed by atoms with Gasteiger partial charge in [0.1, 0.15) is 5.60 Å². The average Bonchev–Trinajstić information content (AvgIpc) is 2.13. The Labute approximate surface area is 108 Å². The number of hydrogen-bond donors (Lipinski definition) is 2. The van der Waals surface area contributed by atoms with Gasteiger partial charge in [0, 0.05) is 0 Å². The summed E-state index contributed by atoms with van der Waals surface area (Å²) in [7, 11) is 0. The number of ether oxygens (including phenoxy) is 1. The SMILES string of the molecule is CC(C)(C)OC(=O)N[C@]1(C)CCCC[C@@H]1C(=O)O. The van der Waals surface area contributed by atoms with E-state index >= 15 is 0 Å². The molecule has 2 N–H and O–H groups in total. The van der Waals surface area contributed by atoms with Crippen molar-refractivity contribution in [1.82, 2.24) is 5.32 Å². The molecular weight excluding hydrogens is 234 g/mol. The topological polar surface area (TPSA) is 75.6 Å². The van der Waals surface area contributed by atoms with E-state index in [0.717, 1.165) is 12.8 Å². The Hall–Kier alpha value is -1.26. The molecular formula is C13H23NO4. The molecule has 1 fully saturated rings. The van der Waals surface area contributed by atoms with Crippen LogP contribution >= 0.6 is 0 Å². The Morgan fingerprint density at radius 1 is 1.33 bits per heavy atom. The van der Waals surface area contributed by atoms with Gasteiger partial charge in [-0.15, -0.1) is 0 Å². The zero-order valence-electron chi connectivity index (χ0n) is 11.6. The van der Waals surface area contributed by atoms with E-state index in [-0.39, 0.29) is 0 Å². The van der Waals surface area contributed by atoms with Crippen molar-refractivity contribution in [2.45, 2.75) is 64.5 Å². The Morgan fingerprint density at radius 3 is 2.44 bits per heavy atom. The zero-order chi connectivity index (χ0) is 14.0. The summed E-state index contributed by atoms with van der Waals surface area (Å²) in [5.41, 5.74) is -1.29. The predicted molar refractivity (Wildman–Crippen MR) is 67.4 cm³/mol. The fourth-order valence-electron chi connectivity index (χ4n) is 2.42. The first-order valence-corrected chi connectivity index (χ1v) is 6.38. The molecule has 0 aliphatic heterocycles. The minimum Gasteiger partial charge on any atom is -0.481 e. The minimum absolute atomic E-state index is 0.543. The van der Waals surface area contributed by atoms with E-state index in [4.69, 9.17) is 4.74 Å². The van der Waals surface area contributed by atoms with Gasteiger partial charge in [-0.2, -0.15) is 0 Å². The molecule has 0 aromatic heterocycles. The van der Waals surface area contributed by atoms with E-state index < -0.39 is 29.1 Å². The van der Waals surface area contributed by atoms with Gasteiger partial charge in [0.2, 0.25) is 0 Å². The Balaban J connectivity index is 2.72. The molecule has 1 saturated carbocycles. The maximum Gasteiger partial charge on any atom is 0.408 e. The first kappa shape index (κ1) is 14.8. The number of carboxylic acid groups (broad SMARTS) is 1. The highest BCUT2D eigenvalue weighted by molar-refractivity contribution is 5.75. The van der Waals surface area contributed by atoms with Gasteiger partial charge in [0.15, 0.2) is 0 Å². The summed E-state index contributed by atoms with van der Waals surface area (Å²) in [6.45, 7) is 7.13. The molecule has 2 atom stereocenters. The first-order valence-electron chi connectivity index (χ1n) is 6.38. The van der Waals surface area contributed by atoms with E-state index in [1.165, 1.54) is 0 Å². The third kappa shape index (κ3) is 3.89. The molecule has 0 spiro atoms. The molecule has 0 unspecified atom stereocenters. The lowest BCUT2D eigenvalue weighted by molar-refractivity contribution is -0.145. The zero-order valence-corrected chi connectivity index (χ0v) is 11.6. The predicted octanol–water partition coefficient (Wildman–Crippen LogP) is 2.54. The Kier molecular flexibility index (Phi) is 4.24. The number of aliphatic carboxylic acids is 1. The van der Waals surface area contributed by atoms with Gasteiger partial charge < -0.3 is 15.2 Å². The fourth-order valence-corrected chi connectivity index (χ4v) is 2.42. The Bertz CT molecular complexity index is 334. The molecule has 1 aliphatic rings. The number of nitrogens with one attached hydrogen (secondary N) is 1. The van der Waals surface area contributed by atoms with Crippen LogP contribution in [-0.2, 0) is 9.53 Å². The molecule has 18 heavy (non-hydrogen) atoms. The lowest BCUT2D eigenvalue weighted by Crippen LogP contribution is -2.56. The number of rotatable bonds is 2. The number of carboxylic acids is 1. The van der Waals surface area contributed by atoms with Crippen molar-refractivity contribution in [3.05, 3.63) is 0 Å². The van der Waals surface area contributed by atoms with Crippen LogP contribution in [0.1, 0.15) is 53.4 Å². The molecule has 0 aromatic rings. The van der Waals surface area contributed by atoms with Crippen molar-refractivity contribution in [1.29, 1.82) is 0 Å². The fraction of sp³-hybridized carbons (Fsp3) is 0.846. The Morgan fingerprint density at radius 2 is 1.94 bits per heavy atom. The minimum atomic E-state index is -0.853. The summed E-state index contributed by atoms with van der Waals surface area (Å²) in [4.78, 5) is 23.0. The lowest BCUT2D eigenvalue weighted by Gasteiger charge is -2.39. The van der Waals surface area contributed by atoms with Gasteiger partial charge in [-0.05, 0) is 40.5 Å². The first-order chi connectivity index (χ1) is 8.14. The van der Waals surface area contributed by atoms with Gasteiger partial charge in [-0.25, -0.2) is 4.79 Å². The number of carbonyl (C=O) groups excluding carboxylic acids is 1. The smallest absolute Gasteiger partial charge is 0.408 e. The van der Waals surface area contributed by atoms with Crippen molar-refractivity contribution in [2.75, 3.05) is 0 Å². The molecule has 5 heteroatoms. The highest BCUT2D eigenvalue weighted by Gasteiger charge is 2.42. The van der Waals surface area contributed by atoms with Gasteiger partial charge in [0.05, 0.1) is 11.5 Å². The van der Waals surface area contributed by atoms with Crippen LogP contribution in [0.2, 0.25) is 0 Å². The van der Waals surface area contributed by atoms with Crippen LogP contribution < -0.4 is 5.32 Å². The normalized spacial score (nSPS) is 28.6. The van der Waals surface area contributed by atoms with E-state index in [0.29, 0.717) is 12.8 Å². The molecule has 1 aliphatic carbocycles. The molecule has 5 nitrogen and oxygen atoms in total. The van der Waals surface area contributed by atoms with E-state index in [2.05, 4.69) is 5.32 Å². The summed E-state index contributed by atoms with van der Waals surface area (Å²) in [5.74, 6) is -1.40. The standard InChI is InChI=1S/C13H23NO4/c1-12(2,3)18-11(17)14-13(4)8-6-5-7-9(13)10(15)16/h9H,5-8H2,1-4H3,(H,14,17)(H,15,16)/t9-,13-/m1/s1. The van der Waals surface area contributed by atoms with Crippen LogP contribution in [0.25, 0.3) is 0 Å². The van der Waals surface area contributed by atoms with Gasteiger partial charge in [-0.3, -0.25) is 4.79 Å². The third-order valence-electron chi connectivity index (χ3n) is 3.29. The molecule has 0 aromatic carbocycles. The van der Waals surface area contributed by atoms with E-state index in [1.807, 2.05) is 0 Å². The van der Waals surface area contributed by atoms with E-state index in [1.54, 1.807) is 27.7 Å². The van der Waals surface area contributed by atoms with Crippen molar-refractivity contribution in [2.24, 2.45) is 5.92 Å². The van der Waals surface area contributed by atoms with Crippen LogP contribution in [0, 0.1) is 5.92 Å². The second-order valence-corrected chi connectivity index (χ2v) is 6.18. The number of carbonyl (C=O) groups is 2. The van der Waals surface area contributed by atoms with Crippen LogP contribution in [-0.4, -0.2) is 28.3 Å². The molecule has 0 radical (unpaired) electrons. The number of alkyl carbamates (subject to hydrolysis) is 1. The van der Waals surface area contributed by atoms with Crippen LogP contribution in [0.4, 0.5) is 4.79 Å². The monoisotopic (exact) mass is 257 g/mol. The van der Waals surface area contributed by atoms with Crippen molar-refractivity contribution in [3.8, 4) is 0 Å². The molecule has 1 rings (SSSR count). The maximum atomic E-state index is 11.8. The largest absolute Gasteiger partial charge is 0.481 e. The molecule has 1 amide bonds. The summed E-state index contributed by atoms with van der Waals surface area (Å²) < 4.78 is 5.19. The van der Waals surface area contributed by atoms with Gasteiger partial charge >= 0.3 is 12.1 Å². The van der Waals surface area contributed by atoms with Crippen molar-refractivity contribution < 1.29 is 19.4 Å². The highest BCUT2D eigenvalue weighted by atomic mass is 16.6. The van der Waals surface area contributed by atoms with Crippen LogP contribution in [0.5, 0.6) is 0 Å². The lowest BCUT2D eigenvalue weighted by atomic mass is 9.74. The van der Waals surface area contributed by atoms with E-state index in [9.17, 15) is 14.7 Å². The summed E-state index contributed by atoms with van der Waals surface area (Å²) in [6, 6.07) is 0. The second kappa shape index (κ2) is 5.16. The average molecular weight is 257 g/mol. The summed E-state index contributed by atoms with van der Waals surface area (Å²) in [5, 5.41) is 12.0. The molecule has 0 saturated heterocycles. The van der Waals surface area contributed by atoms with Crippen molar-refractivity contribution >= 4 is 12.1 Å². The van der Waals surface area contributed by atoms with Gasteiger partial charge in [-0.1, -0.05) is 12.8 Å². The number of amides is 1. The molecule has 104 valence electrons. The maximum absolute atomic E-state index is 11.8. The third-order valence-corrected chi connectivity index (χ3v) is 3.29.